The monoisotopic (exact) mass is 241 g/mol. The number of anilines is 1. The normalized spacial score (nSPS) is 9.62. The van der Waals surface area contributed by atoms with Gasteiger partial charge in [-0.1, -0.05) is 30.7 Å². The van der Waals surface area contributed by atoms with Gasteiger partial charge in [-0.2, -0.15) is 0 Å². The number of carbonyl (C=O) groups is 2. The molecule has 5 heteroatoms. The Hall–Kier alpha value is -1.55. The lowest BCUT2D eigenvalue weighted by Crippen LogP contribution is -2.20. The van der Waals surface area contributed by atoms with E-state index in [0.717, 1.165) is 0 Å². The maximum atomic E-state index is 11.3. The number of hydrogen-bond donors (Lipinski definition) is 1. The van der Waals surface area contributed by atoms with Gasteiger partial charge >= 0.3 is 5.97 Å². The van der Waals surface area contributed by atoms with Crippen LogP contribution in [0.15, 0.2) is 24.3 Å². The van der Waals surface area contributed by atoms with E-state index in [9.17, 15) is 9.59 Å². The molecule has 0 aromatic heterocycles. The van der Waals surface area contributed by atoms with Gasteiger partial charge in [-0.15, -0.1) is 0 Å². The van der Waals surface area contributed by atoms with E-state index in [1.807, 2.05) is 0 Å². The number of rotatable bonds is 4. The topological polar surface area (TPSA) is 55.4 Å². The summed E-state index contributed by atoms with van der Waals surface area (Å²) in [5, 5.41) is 2.98. The number of ether oxygens (including phenoxy) is 1. The third-order valence-corrected chi connectivity index (χ3v) is 2.13. The molecule has 16 heavy (non-hydrogen) atoms. The fraction of sp³-hybridized carbons (Fsp3) is 0.273. The summed E-state index contributed by atoms with van der Waals surface area (Å²) in [6, 6.07) is 6.84. The second-order valence-electron chi connectivity index (χ2n) is 3.04. The zero-order chi connectivity index (χ0) is 12.0. The van der Waals surface area contributed by atoms with E-state index in [1.54, 1.807) is 31.2 Å². The van der Waals surface area contributed by atoms with Crippen LogP contribution in [0, 0.1) is 0 Å². The van der Waals surface area contributed by atoms with Crippen LogP contribution < -0.4 is 5.32 Å². The molecule has 0 saturated heterocycles. The molecule has 4 nitrogen and oxygen atoms in total. The van der Waals surface area contributed by atoms with E-state index in [4.69, 9.17) is 11.6 Å². The van der Waals surface area contributed by atoms with Crippen molar-refractivity contribution in [3.63, 3.8) is 0 Å². The molecule has 0 saturated carbocycles. The van der Waals surface area contributed by atoms with E-state index in [-0.39, 0.29) is 13.0 Å². The molecule has 86 valence electrons. The average Bonchev–Trinajstić information content (AvgIpc) is 2.29. The van der Waals surface area contributed by atoms with Gasteiger partial charge in [0.1, 0.15) is 0 Å². The number of para-hydroxylation sites is 1. The van der Waals surface area contributed by atoms with Crippen LogP contribution in [0.5, 0.6) is 0 Å². The van der Waals surface area contributed by atoms with Crippen molar-refractivity contribution >= 4 is 29.2 Å². The SMILES string of the molecule is CCC(=O)OCC(=O)Nc1ccccc1Cl. The van der Waals surface area contributed by atoms with E-state index >= 15 is 0 Å². The largest absolute Gasteiger partial charge is 0.456 e. The molecule has 0 radical (unpaired) electrons. The molecule has 0 bridgehead atoms. The molecule has 1 N–H and O–H groups in total. The average molecular weight is 242 g/mol. The predicted molar refractivity (Wildman–Crippen MR) is 61.3 cm³/mol. The molecule has 1 aromatic carbocycles. The van der Waals surface area contributed by atoms with Gasteiger partial charge in [-0.25, -0.2) is 0 Å². The Morgan fingerprint density at radius 2 is 2.06 bits per heavy atom. The summed E-state index contributed by atoms with van der Waals surface area (Å²) in [7, 11) is 0. The van der Waals surface area contributed by atoms with Crippen molar-refractivity contribution in [1.29, 1.82) is 0 Å². The number of hydrogen-bond acceptors (Lipinski definition) is 3. The molecule has 0 fully saturated rings. The van der Waals surface area contributed by atoms with Crippen LogP contribution in [-0.2, 0) is 14.3 Å². The van der Waals surface area contributed by atoms with Crippen molar-refractivity contribution in [1.82, 2.24) is 0 Å². The quantitative estimate of drug-likeness (QED) is 0.823. The van der Waals surface area contributed by atoms with Crippen LogP contribution in [0.4, 0.5) is 5.69 Å². The maximum Gasteiger partial charge on any atom is 0.306 e. The Morgan fingerprint density at radius 1 is 1.38 bits per heavy atom. The minimum atomic E-state index is -0.408. The molecule has 0 aliphatic heterocycles. The Morgan fingerprint density at radius 3 is 2.69 bits per heavy atom. The van der Waals surface area contributed by atoms with Crippen molar-refractivity contribution in [3.05, 3.63) is 29.3 Å². The van der Waals surface area contributed by atoms with Crippen molar-refractivity contribution in [3.8, 4) is 0 Å². The lowest BCUT2D eigenvalue weighted by atomic mass is 10.3. The van der Waals surface area contributed by atoms with E-state index in [0.29, 0.717) is 10.7 Å². The van der Waals surface area contributed by atoms with Crippen LogP contribution in [0.25, 0.3) is 0 Å². The molecule has 0 atom stereocenters. The number of benzene rings is 1. The third-order valence-electron chi connectivity index (χ3n) is 1.80. The fourth-order valence-corrected chi connectivity index (χ4v) is 1.18. The molecule has 0 unspecified atom stereocenters. The van der Waals surface area contributed by atoms with Crippen molar-refractivity contribution in [2.45, 2.75) is 13.3 Å². The first-order valence-corrected chi connectivity index (χ1v) is 5.21. The predicted octanol–water partition coefficient (Wildman–Crippen LogP) is 2.23. The van der Waals surface area contributed by atoms with Crippen LogP contribution in [0.1, 0.15) is 13.3 Å². The van der Waals surface area contributed by atoms with Crippen LogP contribution in [0.2, 0.25) is 5.02 Å². The number of nitrogens with one attached hydrogen (secondary N) is 1. The summed E-state index contributed by atoms with van der Waals surface area (Å²) >= 11 is 5.84. The Labute approximate surface area is 98.5 Å². The van der Waals surface area contributed by atoms with Crippen LogP contribution in [-0.4, -0.2) is 18.5 Å². The van der Waals surface area contributed by atoms with Crippen molar-refractivity contribution in [2.75, 3.05) is 11.9 Å². The molecule has 0 aliphatic rings. The van der Waals surface area contributed by atoms with Gasteiger partial charge in [0.25, 0.3) is 5.91 Å². The minimum Gasteiger partial charge on any atom is -0.456 e. The summed E-state index contributed by atoms with van der Waals surface area (Å²) in [5.41, 5.74) is 0.502. The van der Waals surface area contributed by atoms with E-state index in [2.05, 4.69) is 10.1 Å². The molecular formula is C11H12ClNO3. The van der Waals surface area contributed by atoms with Gasteiger partial charge in [-0.05, 0) is 12.1 Å². The molecular weight excluding hydrogens is 230 g/mol. The second kappa shape index (κ2) is 6.12. The standard InChI is InChI=1S/C11H12ClNO3/c1-2-11(15)16-7-10(14)13-9-6-4-3-5-8(9)12/h3-6H,2,7H2,1H3,(H,13,14). The number of esters is 1. The number of halogens is 1. The number of amides is 1. The molecule has 1 amide bonds. The molecule has 1 rings (SSSR count). The van der Waals surface area contributed by atoms with Crippen LogP contribution in [0.3, 0.4) is 0 Å². The highest BCUT2D eigenvalue weighted by atomic mass is 35.5. The fourth-order valence-electron chi connectivity index (χ4n) is 0.997. The first-order chi connectivity index (χ1) is 7.63. The summed E-state index contributed by atoms with van der Waals surface area (Å²) in [5.74, 6) is -0.816. The summed E-state index contributed by atoms with van der Waals surface area (Å²) in [6.07, 6.45) is 0.249. The third kappa shape index (κ3) is 3.90. The van der Waals surface area contributed by atoms with Crippen molar-refractivity contribution in [2.24, 2.45) is 0 Å². The van der Waals surface area contributed by atoms with E-state index < -0.39 is 11.9 Å². The summed E-state index contributed by atoms with van der Waals surface area (Å²) in [4.78, 5) is 22.1. The van der Waals surface area contributed by atoms with Gasteiger partial charge < -0.3 is 10.1 Å². The zero-order valence-electron chi connectivity index (χ0n) is 8.83. The van der Waals surface area contributed by atoms with Crippen molar-refractivity contribution < 1.29 is 14.3 Å². The van der Waals surface area contributed by atoms with Gasteiger partial charge in [0.05, 0.1) is 10.7 Å². The highest BCUT2D eigenvalue weighted by Crippen LogP contribution is 2.20. The van der Waals surface area contributed by atoms with Gasteiger partial charge in [0, 0.05) is 6.42 Å². The van der Waals surface area contributed by atoms with Crippen LogP contribution >= 0.6 is 11.6 Å². The maximum absolute atomic E-state index is 11.3. The summed E-state index contributed by atoms with van der Waals surface area (Å²) in [6.45, 7) is 1.37. The Kier molecular flexibility index (Phi) is 4.79. The second-order valence-corrected chi connectivity index (χ2v) is 3.45. The minimum absolute atomic E-state index is 0.249. The first kappa shape index (κ1) is 12.5. The van der Waals surface area contributed by atoms with Gasteiger partial charge in [-0.3, -0.25) is 9.59 Å². The van der Waals surface area contributed by atoms with E-state index in [1.165, 1.54) is 0 Å². The first-order valence-electron chi connectivity index (χ1n) is 4.83. The molecule has 0 spiro atoms. The molecule has 0 aliphatic carbocycles. The highest BCUT2D eigenvalue weighted by molar-refractivity contribution is 6.33. The lowest BCUT2D eigenvalue weighted by Gasteiger charge is -2.06. The van der Waals surface area contributed by atoms with Gasteiger partial charge in [0.2, 0.25) is 0 Å². The molecule has 1 aromatic rings. The summed E-state index contributed by atoms with van der Waals surface area (Å²) < 4.78 is 4.67. The Balaban J connectivity index is 2.46. The van der Waals surface area contributed by atoms with Gasteiger partial charge in [0.15, 0.2) is 6.61 Å². The smallest absolute Gasteiger partial charge is 0.306 e. The Bertz CT molecular complexity index is 393. The molecule has 0 heterocycles. The lowest BCUT2D eigenvalue weighted by molar-refractivity contribution is -0.146. The zero-order valence-corrected chi connectivity index (χ0v) is 9.58. The highest BCUT2D eigenvalue weighted by Gasteiger charge is 2.07. The number of carbonyl (C=O) groups excluding carboxylic acids is 2.